The summed E-state index contributed by atoms with van der Waals surface area (Å²) in [5.74, 6) is -1.65. The van der Waals surface area contributed by atoms with E-state index in [0.717, 1.165) is 17.4 Å². The van der Waals surface area contributed by atoms with Crippen molar-refractivity contribution in [1.29, 1.82) is 0 Å². The highest BCUT2D eigenvalue weighted by Gasteiger charge is 2.52. The van der Waals surface area contributed by atoms with E-state index in [1.807, 2.05) is 51.1 Å². The number of amides is 1. The van der Waals surface area contributed by atoms with Gasteiger partial charge in [0, 0.05) is 22.4 Å². The smallest absolute Gasteiger partial charge is 0.304 e. The third kappa shape index (κ3) is 6.67. The molecule has 1 N–H and O–H groups in total. The second-order valence-corrected chi connectivity index (χ2v) is 11.6. The van der Waals surface area contributed by atoms with Gasteiger partial charge in [-0.3, -0.25) is 9.59 Å². The monoisotopic (exact) mass is 533 g/mol. The molecular weight excluding hydrogens is 501 g/mol. The van der Waals surface area contributed by atoms with Crippen molar-refractivity contribution in [1.82, 2.24) is 4.90 Å². The summed E-state index contributed by atoms with van der Waals surface area (Å²) in [6.07, 6.45) is 0.800. The van der Waals surface area contributed by atoms with E-state index in [1.165, 1.54) is 0 Å². The number of carbonyl (C=O) groups is 3. The van der Waals surface area contributed by atoms with E-state index in [9.17, 15) is 19.5 Å². The second-order valence-electron chi connectivity index (χ2n) is 10.7. The summed E-state index contributed by atoms with van der Waals surface area (Å²) in [6, 6.07) is 13.6. The van der Waals surface area contributed by atoms with Gasteiger partial charge in [0.05, 0.1) is 36.1 Å². The van der Waals surface area contributed by atoms with Crippen molar-refractivity contribution in [2.24, 2.45) is 5.41 Å². The first kappa shape index (κ1) is 28.2. The lowest BCUT2D eigenvalue weighted by atomic mass is 9.67. The Kier molecular flexibility index (Phi) is 8.86. The van der Waals surface area contributed by atoms with Crippen LogP contribution in [0.3, 0.4) is 0 Å². The van der Waals surface area contributed by atoms with E-state index >= 15 is 0 Å². The van der Waals surface area contributed by atoms with Gasteiger partial charge < -0.3 is 19.5 Å². The van der Waals surface area contributed by atoms with Crippen LogP contribution in [-0.2, 0) is 19.1 Å². The maximum absolute atomic E-state index is 14.2. The molecular formula is C28H33Cl2NO5. The van der Waals surface area contributed by atoms with Crippen molar-refractivity contribution in [2.45, 2.75) is 70.6 Å². The molecule has 1 fully saturated rings. The van der Waals surface area contributed by atoms with Gasteiger partial charge in [0.25, 0.3) is 0 Å². The molecule has 6 nitrogen and oxygen atoms in total. The van der Waals surface area contributed by atoms with Gasteiger partial charge in [-0.15, -0.1) is 0 Å². The summed E-state index contributed by atoms with van der Waals surface area (Å²) < 4.78 is 6.05. The van der Waals surface area contributed by atoms with Crippen molar-refractivity contribution in [2.75, 3.05) is 6.61 Å². The molecule has 0 saturated carbocycles. The summed E-state index contributed by atoms with van der Waals surface area (Å²) in [5.41, 5.74) is 0.0387. The minimum atomic E-state index is -1.19. The number of likely N-dealkylation sites (tertiary alicyclic amines) is 1. The number of benzene rings is 2. The number of aldehydes is 1. The van der Waals surface area contributed by atoms with Gasteiger partial charge in [-0.25, -0.2) is 0 Å². The van der Waals surface area contributed by atoms with Crippen LogP contribution in [0.15, 0.2) is 48.5 Å². The first-order valence-corrected chi connectivity index (χ1v) is 12.7. The van der Waals surface area contributed by atoms with Crippen LogP contribution in [0.1, 0.15) is 70.0 Å². The van der Waals surface area contributed by atoms with E-state index in [2.05, 4.69) is 0 Å². The molecule has 1 aliphatic rings. The molecule has 2 aromatic rings. The van der Waals surface area contributed by atoms with Crippen LogP contribution in [-0.4, -0.2) is 46.4 Å². The molecule has 4 unspecified atom stereocenters. The molecule has 2 aromatic carbocycles. The number of carboxylic acids is 1. The van der Waals surface area contributed by atoms with Crippen molar-refractivity contribution in [3.05, 3.63) is 69.7 Å². The van der Waals surface area contributed by atoms with Gasteiger partial charge in [-0.1, -0.05) is 54.4 Å². The molecule has 4 atom stereocenters. The molecule has 0 radical (unpaired) electrons. The quantitative estimate of drug-likeness (QED) is 0.382. The van der Waals surface area contributed by atoms with Crippen LogP contribution < -0.4 is 0 Å². The minimum absolute atomic E-state index is 0.0529. The molecule has 194 valence electrons. The normalized spacial score (nSPS) is 23.4. The highest BCUT2D eigenvalue weighted by molar-refractivity contribution is 6.30. The molecule has 3 rings (SSSR count). The summed E-state index contributed by atoms with van der Waals surface area (Å²) >= 11 is 12.5. The zero-order valence-electron chi connectivity index (χ0n) is 21.0. The van der Waals surface area contributed by atoms with Crippen molar-refractivity contribution in [3.63, 3.8) is 0 Å². The molecule has 0 spiro atoms. The Morgan fingerprint density at radius 2 is 1.83 bits per heavy atom. The molecule has 0 bridgehead atoms. The van der Waals surface area contributed by atoms with Crippen molar-refractivity contribution in [3.8, 4) is 0 Å². The molecule has 0 aliphatic carbocycles. The predicted molar refractivity (Wildman–Crippen MR) is 140 cm³/mol. The zero-order valence-corrected chi connectivity index (χ0v) is 22.6. The van der Waals surface area contributed by atoms with Crippen LogP contribution in [0.25, 0.3) is 0 Å². The standard InChI is InChI=1S/C28H33Cl2NO5/c1-27(2,3)36-17-22(12-13-32)31-25(18-8-10-20(29)11-9-18)23(19-6-5-7-21(30)14-19)15-28(4,26(31)35)16-24(33)34/h5-11,13-14,22-23,25H,12,15-17H2,1-4H3,(H,33,34). The van der Waals surface area contributed by atoms with Crippen LogP contribution in [0, 0.1) is 5.41 Å². The Morgan fingerprint density at radius 1 is 1.17 bits per heavy atom. The van der Waals surface area contributed by atoms with E-state index < -0.39 is 29.1 Å². The maximum atomic E-state index is 14.2. The molecule has 1 saturated heterocycles. The largest absolute Gasteiger partial charge is 0.481 e. The van der Waals surface area contributed by atoms with Gasteiger partial charge in [0.15, 0.2) is 0 Å². The number of carboxylic acid groups (broad SMARTS) is 1. The molecule has 0 aromatic heterocycles. The number of piperidine rings is 1. The van der Waals surface area contributed by atoms with Crippen molar-refractivity contribution >= 4 is 41.4 Å². The lowest BCUT2D eigenvalue weighted by molar-refractivity contribution is -0.164. The SMILES string of the molecule is CC(C)(C)OCC(CC=O)N1C(=O)C(C)(CC(=O)O)CC(c2cccc(Cl)c2)C1c1ccc(Cl)cc1. The van der Waals surface area contributed by atoms with Gasteiger partial charge in [-0.2, -0.15) is 0 Å². The summed E-state index contributed by atoms with van der Waals surface area (Å²) in [6.45, 7) is 7.53. The van der Waals surface area contributed by atoms with Crippen LogP contribution in [0.2, 0.25) is 10.0 Å². The number of carbonyl (C=O) groups excluding carboxylic acids is 2. The van der Waals surface area contributed by atoms with E-state index in [4.69, 9.17) is 27.9 Å². The molecule has 8 heteroatoms. The Bertz CT molecular complexity index is 1100. The third-order valence-electron chi connectivity index (χ3n) is 6.60. The van der Waals surface area contributed by atoms with E-state index in [0.29, 0.717) is 16.5 Å². The van der Waals surface area contributed by atoms with E-state index in [1.54, 1.807) is 30.0 Å². The van der Waals surface area contributed by atoms with Crippen LogP contribution in [0.5, 0.6) is 0 Å². The molecule has 1 heterocycles. The van der Waals surface area contributed by atoms with Crippen molar-refractivity contribution < 1.29 is 24.2 Å². The fraction of sp³-hybridized carbons (Fsp3) is 0.464. The van der Waals surface area contributed by atoms with Gasteiger partial charge in [0.1, 0.15) is 6.29 Å². The topological polar surface area (TPSA) is 83.9 Å². The maximum Gasteiger partial charge on any atom is 0.304 e. The highest BCUT2D eigenvalue weighted by Crippen LogP contribution is 2.52. The number of aliphatic carboxylic acids is 1. The number of ether oxygens (including phenoxy) is 1. The first-order valence-electron chi connectivity index (χ1n) is 12.0. The number of nitrogens with zero attached hydrogens (tertiary/aromatic N) is 1. The summed E-state index contributed by atoms with van der Waals surface area (Å²) in [7, 11) is 0. The molecule has 36 heavy (non-hydrogen) atoms. The Balaban J connectivity index is 2.23. The molecule has 1 aliphatic heterocycles. The number of halogens is 2. The Morgan fingerprint density at radius 3 is 2.39 bits per heavy atom. The first-order chi connectivity index (χ1) is 16.8. The Hall–Kier alpha value is -2.41. The van der Waals surface area contributed by atoms with Crippen LogP contribution >= 0.6 is 23.2 Å². The lowest BCUT2D eigenvalue weighted by Gasteiger charge is -2.51. The fourth-order valence-corrected chi connectivity index (χ4v) is 5.32. The second kappa shape index (κ2) is 11.3. The fourth-order valence-electron chi connectivity index (χ4n) is 5.00. The highest BCUT2D eigenvalue weighted by atomic mass is 35.5. The van der Waals surface area contributed by atoms with Gasteiger partial charge >= 0.3 is 5.97 Å². The predicted octanol–water partition coefficient (Wildman–Crippen LogP) is 6.30. The number of hydrogen-bond donors (Lipinski definition) is 1. The third-order valence-corrected chi connectivity index (χ3v) is 7.09. The minimum Gasteiger partial charge on any atom is -0.481 e. The lowest BCUT2D eigenvalue weighted by Crippen LogP contribution is -2.57. The summed E-state index contributed by atoms with van der Waals surface area (Å²) in [5, 5.41) is 10.8. The van der Waals surface area contributed by atoms with Crippen LogP contribution in [0.4, 0.5) is 0 Å². The Labute approximate surface area is 222 Å². The zero-order chi connectivity index (χ0) is 26.7. The van der Waals surface area contributed by atoms with Gasteiger partial charge in [0.2, 0.25) is 5.91 Å². The van der Waals surface area contributed by atoms with E-state index in [-0.39, 0.29) is 31.3 Å². The summed E-state index contributed by atoms with van der Waals surface area (Å²) in [4.78, 5) is 39.5. The average molecular weight is 534 g/mol. The molecule has 1 amide bonds. The average Bonchev–Trinajstić information content (AvgIpc) is 2.78. The number of hydrogen-bond acceptors (Lipinski definition) is 4. The number of rotatable bonds is 9. The van der Waals surface area contributed by atoms with Gasteiger partial charge in [-0.05, 0) is 62.6 Å².